The van der Waals surface area contributed by atoms with Crippen molar-refractivity contribution in [1.82, 2.24) is 9.80 Å². The fourth-order valence-corrected chi connectivity index (χ4v) is 3.66. The van der Waals surface area contributed by atoms with Crippen LogP contribution >= 0.6 is 0 Å². The molecule has 2 rings (SSSR count). The Balaban J connectivity index is 1.67. The van der Waals surface area contributed by atoms with Gasteiger partial charge in [-0.2, -0.15) is 0 Å². The molecule has 100 valence electrons. The van der Waals surface area contributed by atoms with Gasteiger partial charge in [0.1, 0.15) is 0 Å². The van der Waals surface area contributed by atoms with Gasteiger partial charge < -0.3 is 4.90 Å². The van der Waals surface area contributed by atoms with Crippen molar-refractivity contribution in [1.29, 1.82) is 0 Å². The Kier molecular flexibility index (Phi) is 4.87. The summed E-state index contributed by atoms with van der Waals surface area (Å²) in [5.74, 6) is 0.878. The Morgan fingerprint density at radius 2 is 1.71 bits per heavy atom. The van der Waals surface area contributed by atoms with Gasteiger partial charge in [-0.3, -0.25) is 4.90 Å². The smallest absolute Gasteiger partial charge is 0.0227 e. The van der Waals surface area contributed by atoms with E-state index in [0.717, 1.165) is 18.0 Å². The third-order valence-electron chi connectivity index (χ3n) is 4.58. The maximum absolute atomic E-state index is 2.74. The lowest BCUT2D eigenvalue weighted by Crippen LogP contribution is -2.53. The molecule has 0 saturated carbocycles. The molecule has 2 bridgehead atoms. The van der Waals surface area contributed by atoms with Crippen LogP contribution in [0.1, 0.15) is 52.9 Å². The van der Waals surface area contributed by atoms with Gasteiger partial charge in [0.25, 0.3) is 0 Å². The third-order valence-corrected chi connectivity index (χ3v) is 4.58. The number of rotatable bonds is 6. The molecular weight excluding hydrogens is 208 g/mol. The second-order valence-electron chi connectivity index (χ2n) is 6.36. The van der Waals surface area contributed by atoms with Crippen LogP contribution in [0.25, 0.3) is 0 Å². The Morgan fingerprint density at radius 3 is 2.24 bits per heavy atom. The summed E-state index contributed by atoms with van der Waals surface area (Å²) in [5, 5.41) is 0. The number of piperazine rings is 1. The molecule has 0 unspecified atom stereocenters. The molecular formula is C15H30N2. The normalized spacial score (nSPS) is 30.4. The van der Waals surface area contributed by atoms with Crippen molar-refractivity contribution >= 4 is 0 Å². The van der Waals surface area contributed by atoms with Gasteiger partial charge in [0, 0.05) is 25.2 Å². The van der Waals surface area contributed by atoms with Crippen LogP contribution in [0.3, 0.4) is 0 Å². The highest BCUT2D eigenvalue weighted by atomic mass is 15.3. The molecule has 0 N–H and O–H groups in total. The molecule has 0 aromatic rings. The first-order valence-electron chi connectivity index (χ1n) is 7.68. The first-order valence-corrected chi connectivity index (χ1v) is 7.68. The number of hydrogen-bond donors (Lipinski definition) is 0. The monoisotopic (exact) mass is 238 g/mol. The Bertz CT molecular complexity index is 213. The molecule has 0 aromatic heterocycles. The summed E-state index contributed by atoms with van der Waals surface area (Å²) in [4.78, 5) is 5.47. The summed E-state index contributed by atoms with van der Waals surface area (Å²) in [6.45, 7) is 12.3. The number of fused-ring (bicyclic) bond motifs is 2. The first kappa shape index (κ1) is 13.4. The van der Waals surface area contributed by atoms with Gasteiger partial charge in [-0.1, -0.05) is 33.6 Å². The zero-order chi connectivity index (χ0) is 12.3. The standard InChI is InChI=1S/C15H30N2/c1-4-17-14-8-9-15(17)12-16(11-14)10-6-5-7-13(2)3/h13-15H,4-12H2,1-3H3/t14-,15+. The number of unbranched alkanes of at least 4 members (excludes halogenated alkanes) is 1. The zero-order valence-corrected chi connectivity index (χ0v) is 12.0. The van der Waals surface area contributed by atoms with Crippen LogP contribution in [0, 0.1) is 5.92 Å². The molecule has 2 saturated heterocycles. The van der Waals surface area contributed by atoms with Gasteiger partial charge in [-0.25, -0.2) is 0 Å². The van der Waals surface area contributed by atoms with Gasteiger partial charge >= 0.3 is 0 Å². The molecule has 2 aliphatic heterocycles. The fourth-order valence-electron chi connectivity index (χ4n) is 3.66. The lowest BCUT2D eigenvalue weighted by Gasteiger charge is -2.40. The van der Waals surface area contributed by atoms with Crippen LogP contribution in [0.15, 0.2) is 0 Å². The molecule has 0 aliphatic carbocycles. The van der Waals surface area contributed by atoms with E-state index in [1.165, 1.54) is 58.3 Å². The van der Waals surface area contributed by atoms with E-state index in [2.05, 4.69) is 30.6 Å². The van der Waals surface area contributed by atoms with Crippen LogP contribution in [-0.4, -0.2) is 48.1 Å². The van der Waals surface area contributed by atoms with Gasteiger partial charge in [-0.05, 0) is 38.3 Å². The Labute approximate surface area is 107 Å². The lowest BCUT2D eigenvalue weighted by atomic mass is 10.1. The van der Waals surface area contributed by atoms with E-state index >= 15 is 0 Å². The van der Waals surface area contributed by atoms with E-state index in [-0.39, 0.29) is 0 Å². The molecule has 2 heterocycles. The van der Waals surface area contributed by atoms with E-state index in [4.69, 9.17) is 0 Å². The van der Waals surface area contributed by atoms with Crippen LogP contribution in [-0.2, 0) is 0 Å². The topological polar surface area (TPSA) is 6.48 Å². The summed E-state index contributed by atoms with van der Waals surface area (Å²) < 4.78 is 0. The van der Waals surface area contributed by atoms with Gasteiger partial charge in [-0.15, -0.1) is 0 Å². The van der Waals surface area contributed by atoms with Crippen molar-refractivity contribution < 1.29 is 0 Å². The molecule has 0 amide bonds. The molecule has 17 heavy (non-hydrogen) atoms. The van der Waals surface area contributed by atoms with Crippen molar-refractivity contribution in [3.63, 3.8) is 0 Å². The molecule has 2 fully saturated rings. The van der Waals surface area contributed by atoms with Crippen LogP contribution in [0.5, 0.6) is 0 Å². The Hall–Kier alpha value is -0.0800. The number of nitrogens with zero attached hydrogens (tertiary/aromatic N) is 2. The van der Waals surface area contributed by atoms with Gasteiger partial charge in [0.15, 0.2) is 0 Å². The van der Waals surface area contributed by atoms with E-state index < -0.39 is 0 Å². The van der Waals surface area contributed by atoms with Gasteiger partial charge in [0.2, 0.25) is 0 Å². The SMILES string of the molecule is CCN1[C@@H]2CC[C@H]1CN(CCCCC(C)C)C2. The third kappa shape index (κ3) is 3.45. The second kappa shape index (κ2) is 6.19. The second-order valence-corrected chi connectivity index (χ2v) is 6.36. The van der Waals surface area contributed by atoms with Crippen molar-refractivity contribution in [2.24, 2.45) is 5.92 Å². The number of hydrogen-bond acceptors (Lipinski definition) is 2. The predicted molar refractivity (Wildman–Crippen MR) is 74.3 cm³/mol. The summed E-state index contributed by atoms with van der Waals surface area (Å²) >= 11 is 0. The minimum atomic E-state index is 0.878. The highest BCUT2D eigenvalue weighted by Gasteiger charge is 2.38. The Morgan fingerprint density at radius 1 is 1.06 bits per heavy atom. The highest BCUT2D eigenvalue weighted by Crippen LogP contribution is 2.29. The van der Waals surface area contributed by atoms with Crippen LogP contribution in [0.4, 0.5) is 0 Å². The minimum Gasteiger partial charge on any atom is -0.300 e. The van der Waals surface area contributed by atoms with Crippen molar-refractivity contribution in [2.45, 2.75) is 65.0 Å². The molecule has 0 aromatic carbocycles. The summed E-state index contributed by atoms with van der Waals surface area (Å²) in [7, 11) is 0. The maximum atomic E-state index is 2.74. The van der Waals surface area contributed by atoms with Gasteiger partial charge in [0.05, 0.1) is 0 Å². The highest BCUT2D eigenvalue weighted by molar-refractivity contribution is 4.95. The maximum Gasteiger partial charge on any atom is 0.0227 e. The van der Waals surface area contributed by atoms with Crippen LogP contribution in [0.2, 0.25) is 0 Å². The van der Waals surface area contributed by atoms with Crippen molar-refractivity contribution in [3.8, 4) is 0 Å². The average Bonchev–Trinajstić information content (AvgIpc) is 2.54. The number of likely N-dealkylation sites (N-methyl/N-ethyl adjacent to an activating group) is 1. The predicted octanol–water partition coefficient (Wildman–Crippen LogP) is 2.98. The van der Waals surface area contributed by atoms with E-state index in [9.17, 15) is 0 Å². The summed E-state index contributed by atoms with van der Waals surface area (Å²) in [6.07, 6.45) is 7.12. The largest absolute Gasteiger partial charge is 0.300 e. The van der Waals surface area contributed by atoms with E-state index in [0.29, 0.717) is 0 Å². The lowest BCUT2D eigenvalue weighted by molar-refractivity contribution is 0.0703. The quantitative estimate of drug-likeness (QED) is 0.656. The fraction of sp³-hybridized carbons (Fsp3) is 1.00. The van der Waals surface area contributed by atoms with E-state index in [1.807, 2.05) is 0 Å². The minimum absolute atomic E-state index is 0.878. The van der Waals surface area contributed by atoms with Crippen molar-refractivity contribution in [2.75, 3.05) is 26.2 Å². The summed E-state index contributed by atoms with van der Waals surface area (Å²) in [6, 6.07) is 1.76. The molecule has 2 heteroatoms. The molecule has 2 nitrogen and oxygen atoms in total. The molecule has 2 atom stereocenters. The zero-order valence-electron chi connectivity index (χ0n) is 12.0. The molecule has 0 radical (unpaired) electrons. The summed E-state index contributed by atoms with van der Waals surface area (Å²) in [5.41, 5.74) is 0. The van der Waals surface area contributed by atoms with Crippen molar-refractivity contribution in [3.05, 3.63) is 0 Å². The molecule has 0 spiro atoms. The number of likely N-dealkylation sites (tertiary alicyclic amines) is 1. The van der Waals surface area contributed by atoms with E-state index in [1.54, 1.807) is 0 Å². The molecule has 2 aliphatic rings. The first-order chi connectivity index (χ1) is 8.20. The average molecular weight is 238 g/mol. The van der Waals surface area contributed by atoms with Crippen LogP contribution < -0.4 is 0 Å².